The van der Waals surface area contributed by atoms with E-state index in [4.69, 9.17) is 9.57 Å². The first-order valence-electron chi connectivity index (χ1n) is 10.1. The molecule has 0 radical (unpaired) electrons. The van der Waals surface area contributed by atoms with E-state index in [1.165, 1.54) is 11.1 Å². The van der Waals surface area contributed by atoms with Crippen molar-refractivity contribution in [2.24, 2.45) is 11.3 Å². The fraction of sp³-hybridized carbons (Fsp3) is 0.636. The van der Waals surface area contributed by atoms with Crippen LogP contribution in [0.1, 0.15) is 74.4 Å². The summed E-state index contributed by atoms with van der Waals surface area (Å²) in [5.41, 5.74) is 5.28. The molecule has 1 saturated heterocycles. The van der Waals surface area contributed by atoms with Gasteiger partial charge in [0.2, 0.25) is 0 Å². The predicted molar refractivity (Wildman–Crippen MR) is 103 cm³/mol. The number of carbonyl (C=O) groups is 2. The minimum atomic E-state index is -0.354. The van der Waals surface area contributed by atoms with Crippen LogP contribution in [-0.4, -0.2) is 24.6 Å². The monoisotopic (exact) mass is 373 g/mol. The smallest absolute Gasteiger partial charge is 0.274 e. The van der Waals surface area contributed by atoms with E-state index in [-0.39, 0.29) is 17.6 Å². The van der Waals surface area contributed by atoms with Crippen molar-refractivity contribution >= 4 is 11.7 Å². The van der Waals surface area contributed by atoms with Crippen LogP contribution in [0.3, 0.4) is 0 Å². The minimum absolute atomic E-state index is 0.250. The second-order valence-corrected chi connectivity index (χ2v) is 8.81. The Morgan fingerprint density at radius 3 is 2.70 bits per heavy atom. The van der Waals surface area contributed by atoms with E-state index in [9.17, 15) is 9.59 Å². The van der Waals surface area contributed by atoms with Gasteiger partial charge in [-0.2, -0.15) is 0 Å². The summed E-state index contributed by atoms with van der Waals surface area (Å²) < 4.78 is 5.46. The average molecular weight is 373 g/mol. The number of ketones is 1. The Morgan fingerprint density at radius 1 is 1.19 bits per heavy atom. The summed E-state index contributed by atoms with van der Waals surface area (Å²) in [5, 5.41) is 0. The first kappa shape index (κ1) is 20.0. The van der Waals surface area contributed by atoms with E-state index >= 15 is 0 Å². The second kappa shape index (κ2) is 8.53. The molecule has 1 aliphatic carbocycles. The van der Waals surface area contributed by atoms with Gasteiger partial charge in [0.1, 0.15) is 5.78 Å². The van der Waals surface area contributed by atoms with E-state index < -0.39 is 0 Å². The number of aryl methyl sites for hydroxylation is 1. The highest BCUT2D eigenvalue weighted by Crippen LogP contribution is 2.31. The zero-order chi connectivity index (χ0) is 19.4. The summed E-state index contributed by atoms with van der Waals surface area (Å²) in [4.78, 5) is 30.2. The van der Waals surface area contributed by atoms with Crippen LogP contribution in [0.2, 0.25) is 0 Å². The molecule has 0 bridgehead atoms. The zero-order valence-corrected chi connectivity index (χ0v) is 16.7. The van der Waals surface area contributed by atoms with Crippen molar-refractivity contribution < 1.29 is 19.2 Å². The lowest BCUT2D eigenvalue weighted by Gasteiger charge is -2.27. The highest BCUT2D eigenvalue weighted by molar-refractivity contribution is 5.93. The van der Waals surface area contributed by atoms with Crippen LogP contribution in [-0.2, 0) is 27.2 Å². The highest BCUT2D eigenvalue weighted by Gasteiger charge is 2.27. The molecule has 2 aliphatic rings. The Kier molecular flexibility index (Phi) is 6.33. The van der Waals surface area contributed by atoms with Crippen molar-refractivity contribution in [2.75, 3.05) is 6.61 Å². The van der Waals surface area contributed by atoms with Crippen molar-refractivity contribution in [1.82, 2.24) is 5.48 Å². The van der Waals surface area contributed by atoms with Crippen LogP contribution in [0.15, 0.2) is 18.2 Å². The molecule has 148 valence electrons. The topological polar surface area (TPSA) is 64.6 Å². The van der Waals surface area contributed by atoms with Crippen molar-refractivity contribution in [3.05, 3.63) is 34.9 Å². The van der Waals surface area contributed by atoms with Crippen LogP contribution in [0.5, 0.6) is 0 Å². The molecule has 3 rings (SSSR count). The van der Waals surface area contributed by atoms with Gasteiger partial charge in [-0.1, -0.05) is 26.8 Å². The molecule has 0 spiro atoms. The van der Waals surface area contributed by atoms with Crippen molar-refractivity contribution in [3.63, 3.8) is 0 Å². The molecule has 5 heteroatoms. The van der Waals surface area contributed by atoms with Gasteiger partial charge in [-0.15, -0.1) is 0 Å². The van der Waals surface area contributed by atoms with Gasteiger partial charge in [-0.3, -0.25) is 9.59 Å². The third-order valence-corrected chi connectivity index (χ3v) is 5.53. The van der Waals surface area contributed by atoms with Gasteiger partial charge >= 0.3 is 0 Å². The second-order valence-electron chi connectivity index (χ2n) is 8.81. The molecule has 1 N–H and O–H groups in total. The summed E-state index contributed by atoms with van der Waals surface area (Å²) in [6.45, 7) is 6.60. The SMILES string of the molecule is CC(C)(C)C(=O)C[C@H]1CCc2ccc(C(=O)NOC3CCCCO3)cc2C1. The number of benzene rings is 1. The predicted octanol–water partition coefficient (Wildman–Crippen LogP) is 3.98. The molecular weight excluding hydrogens is 342 g/mol. The molecule has 27 heavy (non-hydrogen) atoms. The molecular formula is C22H31NO4. The molecule has 1 aromatic rings. The number of fused-ring (bicyclic) bond motifs is 1. The van der Waals surface area contributed by atoms with Crippen LogP contribution >= 0.6 is 0 Å². The van der Waals surface area contributed by atoms with E-state index in [0.29, 0.717) is 30.3 Å². The lowest BCUT2D eigenvalue weighted by Crippen LogP contribution is -2.33. The fourth-order valence-corrected chi connectivity index (χ4v) is 3.70. The van der Waals surface area contributed by atoms with Gasteiger partial charge in [0.05, 0.1) is 0 Å². The number of ether oxygens (including phenoxy) is 1. The van der Waals surface area contributed by atoms with Gasteiger partial charge < -0.3 is 4.74 Å². The summed E-state index contributed by atoms with van der Waals surface area (Å²) in [6, 6.07) is 5.83. The lowest BCUT2D eigenvalue weighted by molar-refractivity contribution is -0.186. The van der Waals surface area contributed by atoms with E-state index in [0.717, 1.165) is 38.5 Å². The fourth-order valence-electron chi connectivity index (χ4n) is 3.70. The first-order chi connectivity index (χ1) is 12.8. The molecule has 0 saturated carbocycles. The normalized spacial score (nSPS) is 22.8. The van der Waals surface area contributed by atoms with Crippen molar-refractivity contribution in [1.29, 1.82) is 0 Å². The third kappa shape index (κ3) is 5.39. The Balaban J connectivity index is 1.59. The van der Waals surface area contributed by atoms with Crippen LogP contribution < -0.4 is 5.48 Å². The van der Waals surface area contributed by atoms with Crippen molar-refractivity contribution in [2.45, 2.75) is 72.0 Å². The third-order valence-electron chi connectivity index (χ3n) is 5.53. The molecule has 1 aliphatic heterocycles. The minimum Gasteiger partial charge on any atom is -0.350 e. The standard InChI is InChI=1S/C22H31NO4/c1-22(2,3)19(24)13-15-7-8-16-9-10-17(14-18(16)12-15)21(25)23-27-20-6-4-5-11-26-20/h9-10,14-15,20H,4-8,11-13H2,1-3H3,(H,23,25)/t15-,20?/m0/s1. The number of rotatable bonds is 5. The summed E-state index contributed by atoms with van der Waals surface area (Å²) in [6.07, 6.45) is 5.99. The number of nitrogens with one attached hydrogen (secondary N) is 1. The lowest BCUT2D eigenvalue weighted by atomic mass is 9.77. The number of Topliss-reactive ketones (excluding diaryl/α,β-unsaturated/α-hetero) is 1. The molecule has 1 aromatic carbocycles. The zero-order valence-electron chi connectivity index (χ0n) is 16.7. The van der Waals surface area contributed by atoms with Gasteiger partial charge in [0.25, 0.3) is 5.91 Å². The Hall–Kier alpha value is -1.72. The summed E-state index contributed by atoms with van der Waals surface area (Å²) in [5.74, 6) is 0.417. The van der Waals surface area contributed by atoms with Gasteiger partial charge in [-0.25, -0.2) is 10.3 Å². The largest absolute Gasteiger partial charge is 0.350 e. The van der Waals surface area contributed by atoms with E-state index in [2.05, 4.69) is 5.48 Å². The molecule has 1 unspecified atom stereocenters. The molecule has 1 heterocycles. The Labute approximate surface area is 161 Å². The van der Waals surface area contributed by atoms with E-state index in [1.54, 1.807) is 0 Å². The molecule has 0 aromatic heterocycles. The van der Waals surface area contributed by atoms with Crippen LogP contribution in [0, 0.1) is 11.3 Å². The van der Waals surface area contributed by atoms with Crippen molar-refractivity contribution in [3.8, 4) is 0 Å². The van der Waals surface area contributed by atoms with E-state index in [1.807, 2.05) is 39.0 Å². The highest BCUT2D eigenvalue weighted by atomic mass is 16.8. The number of hydrogen-bond acceptors (Lipinski definition) is 4. The maximum atomic E-state index is 12.4. The quantitative estimate of drug-likeness (QED) is 0.793. The first-order valence-corrected chi connectivity index (χ1v) is 10.1. The molecule has 2 atom stereocenters. The maximum Gasteiger partial charge on any atom is 0.274 e. The Bertz CT molecular complexity index is 686. The van der Waals surface area contributed by atoms with Crippen LogP contribution in [0.4, 0.5) is 0 Å². The summed E-state index contributed by atoms with van der Waals surface area (Å²) in [7, 11) is 0. The number of carbonyl (C=O) groups excluding carboxylic acids is 2. The average Bonchev–Trinajstić information content (AvgIpc) is 2.65. The number of amides is 1. The summed E-state index contributed by atoms with van der Waals surface area (Å²) >= 11 is 0. The van der Waals surface area contributed by atoms with Crippen LogP contribution in [0.25, 0.3) is 0 Å². The number of hydroxylamine groups is 1. The van der Waals surface area contributed by atoms with Gasteiger partial charge in [0.15, 0.2) is 6.29 Å². The number of hydrogen-bond donors (Lipinski definition) is 1. The molecule has 1 fully saturated rings. The molecule has 5 nitrogen and oxygen atoms in total. The molecule has 1 amide bonds. The van der Waals surface area contributed by atoms with Gasteiger partial charge in [-0.05, 0) is 61.3 Å². The Morgan fingerprint density at radius 2 is 2.00 bits per heavy atom. The van der Waals surface area contributed by atoms with Gasteiger partial charge in [0, 0.05) is 30.4 Å². The maximum absolute atomic E-state index is 12.4.